The highest BCUT2D eigenvalue weighted by Crippen LogP contribution is 2.37. The second-order valence-corrected chi connectivity index (χ2v) is 7.71. The summed E-state index contributed by atoms with van der Waals surface area (Å²) in [5.41, 5.74) is 9.13. The molecule has 0 amide bonds. The highest BCUT2D eigenvalue weighted by Gasteiger charge is 2.21. The lowest BCUT2D eigenvalue weighted by molar-refractivity contribution is 0.339. The summed E-state index contributed by atoms with van der Waals surface area (Å²) in [5, 5.41) is 0. The molecule has 3 aromatic carbocycles. The van der Waals surface area contributed by atoms with Crippen LogP contribution in [0.15, 0.2) is 72.8 Å². The molecule has 138 valence electrons. The summed E-state index contributed by atoms with van der Waals surface area (Å²) in [5.74, 6) is 0.212. The van der Waals surface area contributed by atoms with Gasteiger partial charge in [-0.05, 0) is 59.7 Å². The average Bonchev–Trinajstić information content (AvgIpc) is 2.67. The van der Waals surface area contributed by atoms with Crippen molar-refractivity contribution in [3.63, 3.8) is 0 Å². The van der Waals surface area contributed by atoms with Gasteiger partial charge in [0.25, 0.3) is 0 Å². The first kappa shape index (κ1) is 19.3. The minimum Gasteiger partial charge on any atom is -0.427 e. The molecule has 0 aliphatic carbocycles. The lowest BCUT2D eigenvalue weighted by Crippen LogP contribution is -2.12. The molecule has 2 heteroatoms. The van der Waals surface area contributed by atoms with Gasteiger partial charge < -0.3 is 4.43 Å². The van der Waals surface area contributed by atoms with E-state index < -0.39 is 0 Å². The topological polar surface area (TPSA) is 9.23 Å². The van der Waals surface area contributed by atoms with Gasteiger partial charge in [-0.25, -0.2) is 0 Å². The van der Waals surface area contributed by atoms with Crippen molar-refractivity contribution in [2.75, 3.05) is 6.61 Å². The molecular formula is C25H28OSi. The lowest BCUT2D eigenvalue weighted by Gasteiger charge is -2.24. The first-order valence-electron chi connectivity index (χ1n) is 9.49. The van der Waals surface area contributed by atoms with E-state index in [0.717, 1.165) is 10.5 Å². The average molecular weight is 373 g/mol. The third kappa shape index (κ3) is 4.47. The van der Waals surface area contributed by atoms with Crippen LogP contribution in [-0.2, 0) is 4.43 Å². The predicted octanol–water partition coefficient (Wildman–Crippen LogP) is 5.23. The summed E-state index contributed by atoms with van der Waals surface area (Å²) in [6, 6.07) is 25.9. The van der Waals surface area contributed by atoms with Gasteiger partial charge in [0, 0.05) is 12.5 Å². The van der Waals surface area contributed by atoms with Crippen molar-refractivity contribution in [2.45, 2.75) is 26.7 Å². The molecular weight excluding hydrogens is 344 g/mol. The second kappa shape index (κ2) is 8.98. The molecule has 0 radical (unpaired) electrons. The van der Waals surface area contributed by atoms with Crippen LogP contribution < -0.4 is 0 Å². The van der Waals surface area contributed by atoms with Gasteiger partial charge in [-0.2, -0.15) is 0 Å². The highest BCUT2D eigenvalue weighted by molar-refractivity contribution is 5.98. The molecule has 0 heterocycles. The van der Waals surface area contributed by atoms with E-state index in [0.29, 0.717) is 6.61 Å². The maximum Gasteiger partial charge on any atom is 0.146 e. The normalized spacial score (nSPS) is 12.9. The van der Waals surface area contributed by atoms with Crippen molar-refractivity contribution in [1.29, 1.82) is 0 Å². The van der Waals surface area contributed by atoms with E-state index >= 15 is 0 Å². The van der Waals surface area contributed by atoms with E-state index in [9.17, 15) is 0 Å². The summed E-state index contributed by atoms with van der Waals surface area (Å²) < 4.78 is 5.82. The minimum atomic E-state index is 0.212. The number of hydrogen-bond donors (Lipinski definition) is 0. The van der Waals surface area contributed by atoms with Crippen molar-refractivity contribution < 1.29 is 4.43 Å². The summed E-state index contributed by atoms with van der Waals surface area (Å²) in [6.45, 7) is 7.27. The number of aryl methyl sites for hydroxylation is 3. The Hall–Kier alpha value is -2.42. The molecule has 0 aliphatic rings. The van der Waals surface area contributed by atoms with Crippen molar-refractivity contribution in [1.82, 2.24) is 0 Å². The Morgan fingerprint density at radius 1 is 0.815 bits per heavy atom. The van der Waals surface area contributed by atoms with Gasteiger partial charge in [-0.3, -0.25) is 0 Å². The zero-order chi connectivity index (χ0) is 19.2. The van der Waals surface area contributed by atoms with Gasteiger partial charge in [-0.15, -0.1) is 0 Å². The van der Waals surface area contributed by atoms with Crippen LogP contribution in [0, 0.1) is 20.8 Å². The van der Waals surface area contributed by atoms with Crippen LogP contribution in [0.2, 0.25) is 0 Å². The van der Waals surface area contributed by atoms with Gasteiger partial charge in [-0.1, -0.05) is 78.9 Å². The quantitative estimate of drug-likeness (QED) is 0.425. The van der Waals surface area contributed by atoms with Gasteiger partial charge >= 0.3 is 0 Å². The molecule has 0 N–H and O–H groups in total. The van der Waals surface area contributed by atoms with Crippen LogP contribution in [0.1, 0.15) is 39.3 Å². The Morgan fingerprint density at radius 2 is 1.41 bits per heavy atom. The zero-order valence-electron chi connectivity index (χ0n) is 16.7. The molecule has 1 unspecified atom stereocenters. The van der Waals surface area contributed by atoms with Crippen LogP contribution in [0.25, 0.3) is 11.6 Å². The summed E-state index contributed by atoms with van der Waals surface area (Å²) in [4.78, 5) is 0. The lowest BCUT2D eigenvalue weighted by atomic mass is 9.82. The molecule has 3 aromatic rings. The second-order valence-electron chi connectivity index (χ2n) is 7.14. The van der Waals surface area contributed by atoms with Gasteiger partial charge in [0.15, 0.2) is 0 Å². The van der Waals surface area contributed by atoms with Crippen LogP contribution in [0.4, 0.5) is 0 Å². The Morgan fingerprint density at radius 3 is 2.04 bits per heavy atom. The van der Waals surface area contributed by atoms with E-state index in [2.05, 4.69) is 99.6 Å². The maximum atomic E-state index is 5.82. The van der Waals surface area contributed by atoms with E-state index in [1.54, 1.807) is 0 Å². The Kier molecular flexibility index (Phi) is 6.43. The Bertz CT molecular complexity index is 942. The maximum absolute atomic E-state index is 5.82. The molecule has 0 saturated carbocycles. The summed E-state index contributed by atoms with van der Waals surface area (Å²) in [6.07, 6.45) is 2.36. The molecule has 0 bridgehead atoms. The van der Waals surface area contributed by atoms with E-state index in [1.165, 1.54) is 39.0 Å². The number of benzene rings is 3. The van der Waals surface area contributed by atoms with E-state index in [-0.39, 0.29) is 5.92 Å². The largest absolute Gasteiger partial charge is 0.427 e. The smallest absolute Gasteiger partial charge is 0.146 e. The summed E-state index contributed by atoms with van der Waals surface area (Å²) in [7, 11) is 0.736. The fraction of sp³-hybridized carbons (Fsp3) is 0.200. The standard InChI is InChI=1S/C25H28OSi/c1-18-10-4-7-13-21(18)16-24(22-14-8-5-11-19(22)2)25(17-26-27)23-15-9-6-12-20(23)3/h4-16,25H,17H2,1-3,27H3. The van der Waals surface area contributed by atoms with Crippen LogP contribution in [0.3, 0.4) is 0 Å². The van der Waals surface area contributed by atoms with Crippen molar-refractivity contribution >= 4 is 22.1 Å². The van der Waals surface area contributed by atoms with Crippen LogP contribution >= 0.6 is 0 Å². The molecule has 0 spiro atoms. The van der Waals surface area contributed by atoms with Crippen molar-refractivity contribution in [3.8, 4) is 0 Å². The first-order valence-corrected chi connectivity index (χ1v) is 10.3. The molecule has 0 fully saturated rings. The van der Waals surface area contributed by atoms with Gasteiger partial charge in [0.1, 0.15) is 10.5 Å². The van der Waals surface area contributed by atoms with E-state index in [4.69, 9.17) is 4.43 Å². The van der Waals surface area contributed by atoms with Gasteiger partial charge in [0.05, 0.1) is 0 Å². The van der Waals surface area contributed by atoms with Crippen molar-refractivity contribution in [3.05, 3.63) is 106 Å². The summed E-state index contributed by atoms with van der Waals surface area (Å²) >= 11 is 0. The number of hydrogen-bond acceptors (Lipinski definition) is 1. The van der Waals surface area contributed by atoms with Gasteiger partial charge in [0.2, 0.25) is 0 Å². The SMILES string of the molecule is Cc1ccccc1C=C(c1ccccc1C)C(CO[SiH3])c1ccccc1C. The number of rotatable bonds is 6. The molecule has 27 heavy (non-hydrogen) atoms. The Balaban J connectivity index is 2.23. The van der Waals surface area contributed by atoms with Crippen LogP contribution in [-0.4, -0.2) is 17.1 Å². The minimum absolute atomic E-state index is 0.212. The molecule has 0 saturated heterocycles. The zero-order valence-corrected chi connectivity index (χ0v) is 18.7. The monoisotopic (exact) mass is 372 g/mol. The molecule has 1 atom stereocenters. The molecule has 0 aromatic heterocycles. The van der Waals surface area contributed by atoms with Crippen LogP contribution in [0.5, 0.6) is 0 Å². The first-order chi connectivity index (χ1) is 13.1. The third-order valence-electron chi connectivity index (χ3n) is 5.23. The van der Waals surface area contributed by atoms with Crippen molar-refractivity contribution in [2.24, 2.45) is 0 Å². The predicted molar refractivity (Wildman–Crippen MR) is 120 cm³/mol. The highest BCUT2D eigenvalue weighted by atomic mass is 28.2. The fourth-order valence-corrected chi connectivity index (χ4v) is 4.00. The third-order valence-corrected chi connectivity index (χ3v) is 5.56. The molecule has 0 aliphatic heterocycles. The fourth-order valence-electron chi connectivity index (χ4n) is 3.67. The molecule has 1 nitrogen and oxygen atoms in total. The molecule has 3 rings (SSSR count). The van der Waals surface area contributed by atoms with E-state index in [1.807, 2.05) is 0 Å². The Labute approximate surface area is 166 Å².